The molecule has 1 aliphatic heterocycles. The van der Waals surface area contributed by atoms with Crippen molar-refractivity contribution in [2.45, 2.75) is 19.6 Å². The van der Waals surface area contributed by atoms with Crippen LogP contribution in [0.3, 0.4) is 0 Å². The first-order valence-corrected chi connectivity index (χ1v) is 8.57. The summed E-state index contributed by atoms with van der Waals surface area (Å²) in [6.45, 7) is 2.13. The van der Waals surface area contributed by atoms with Crippen LogP contribution < -0.4 is 14.8 Å². The van der Waals surface area contributed by atoms with Crippen LogP contribution in [0.1, 0.15) is 11.4 Å². The smallest absolute Gasteiger partial charge is 0.264 e. The summed E-state index contributed by atoms with van der Waals surface area (Å²) in [5.41, 5.74) is 1.07. The molecule has 0 spiro atoms. The number of hydrogen-bond donors (Lipinski definition) is 1. The van der Waals surface area contributed by atoms with Gasteiger partial charge in [-0.25, -0.2) is 9.37 Å². The summed E-state index contributed by atoms with van der Waals surface area (Å²) in [4.78, 5) is 16.4. The number of imidazole rings is 1. The van der Waals surface area contributed by atoms with Crippen molar-refractivity contribution in [3.8, 4) is 17.2 Å². The van der Waals surface area contributed by atoms with Gasteiger partial charge in [-0.15, -0.1) is 0 Å². The predicted octanol–water partition coefficient (Wildman–Crippen LogP) is 2.78. The lowest BCUT2D eigenvalue weighted by Gasteiger charge is -2.25. The number of hydrogen-bond acceptors (Lipinski definition) is 4. The number of rotatable bonds is 4. The zero-order valence-corrected chi connectivity index (χ0v) is 14.7. The van der Waals surface area contributed by atoms with Gasteiger partial charge in [0.2, 0.25) is 6.10 Å². The average Bonchev–Trinajstić information content (AvgIpc) is 3.11. The summed E-state index contributed by atoms with van der Waals surface area (Å²) >= 11 is 0. The van der Waals surface area contributed by atoms with Gasteiger partial charge in [-0.3, -0.25) is 4.79 Å². The monoisotopic (exact) mass is 367 g/mol. The summed E-state index contributed by atoms with van der Waals surface area (Å²) < 4.78 is 27.3. The minimum absolute atomic E-state index is 0.135. The molecule has 27 heavy (non-hydrogen) atoms. The van der Waals surface area contributed by atoms with E-state index in [2.05, 4.69) is 10.3 Å². The number of aromatic nitrogens is 2. The van der Waals surface area contributed by atoms with Crippen LogP contribution in [-0.2, 0) is 11.3 Å². The molecule has 1 N–H and O–H groups in total. The Labute approximate surface area is 155 Å². The van der Waals surface area contributed by atoms with E-state index >= 15 is 0 Å². The maximum atomic E-state index is 14.4. The number of nitrogens with zero attached hydrogens (tertiary/aromatic N) is 2. The van der Waals surface area contributed by atoms with Crippen LogP contribution in [-0.4, -0.2) is 28.2 Å². The Morgan fingerprint density at radius 1 is 1.30 bits per heavy atom. The van der Waals surface area contributed by atoms with Crippen molar-refractivity contribution in [2.24, 2.45) is 0 Å². The van der Waals surface area contributed by atoms with Gasteiger partial charge in [-0.05, 0) is 36.8 Å². The van der Waals surface area contributed by atoms with E-state index in [1.807, 2.05) is 12.1 Å². The normalized spacial score (nSPS) is 15.4. The van der Waals surface area contributed by atoms with Crippen molar-refractivity contribution in [1.82, 2.24) is 14.9 Å². The van der Waals surface area contributed by atoms with E-state index in [0.717, 1.165) is 0 Å². The van der Waals surface area contributed by atoms with Gasteiger partial charge >= 0.3 is 0 Å². The molecule has 1 amide bonds. The fourth-order valence-electron chi connectivity index (χ4n) is 2.94. The van der Waals surface area contributed by atoms with Gasteiger partial charge in [-0.2, -0.15) is 0 Å². The molecule has 1 atom stereocenters. The molecule has 1 aliphatic rings. The Morgan fingerprint density at radius 2 is 2.11 bits per heavy atom. The topological polar surface area (TPSA) is 65.4 Å². The molecule has 3 aromatic rings. The Hall–Kier alpha value is -3.35. The highest BCUT2D eigenvalue weighted by atomic mass is 19.1. The summed E-state index contributed by atoms with van der Waals surface area (Å²) in [6.07, 6.45) is 2.58. The first kappa shape index (κ1) is 17.1. The number of halogens is 1. The standard InChI is InChI=1S/C20H18FN3O3/c1-13-22-8-9-24(13)16-7-6-14(10-15(16)21)11-23-20(25)19-12-26-17-4-2-3-5-18(17)27-19/h2-10,19H,11-12H2,1H3,(H,23,25)/t19-/m0/s1. The van der Waals surface area contributed by atoms with Gasteiger partial charge in [0.05, 0.1) is 5.69 Å². The highest BCUT2D eigenvalue weighted by Gasteiger charge is 2.27. The van der Waals surface area contributed by atoms with Gasteiger partial charge in [0.25, 0.3) is 5.91 Å². The quantitative estimate of drug-likeness (QED) is 0.770. The second kappa shape index (κ2) is 7.11. The number of amides is 1. The SMILES string of the molecule is Cc1nccn1-c1ccc(CNC(=O)[C@@H]2COc3ccccc3O2)cc1F. The van der Waals surface area contributed by atoms with Crippen molar-refractivity contribution in [3.63, 3.8) is 0 Å². The maximum absolute atomic E-state index is 14.4. The van der Waals surface area contributed by atoms with Crippen molar-refractivity contribution in [2.75, 3.05) is 6.61 Å². The number of carbonyl (C=O) groups excluding carboxylic acids is 1. The fourth-order valence-corrected chi connectivity index (χ4v) is 2.94. The maximum Gasteiger partial charge on any atom is 0.264 e. The second-order valence-corrected chi connectivity index (χ2v) is 6.21. The van der Waals surface area contributed by atoms with Gasteiger partial charge in [0, 0.05) is 18.9 Å². The Kier molecular flexibility index (Phi) is 4.50. The number of carbonyl (C=O) groups is 1. The second-order valence-electron chi connectivity index (χ2n) is 6.21. The number of ether oxygens (including phenoxy) is 2. The van der Waals surface area contributed by atoms with Crippen molar-refractivity contribution >= 4 is 5.91 Å². The minimum atomic E-state index is -0.738. The molecule has 0 saturated heterocycles. The molecule has 0 radical (unpaired) electrons. The van der Waals surface area contributed by atoms with E-state index in [-0.39, 0.29) is 24.9 Å². The van der Waals surface area contributed by atoms with Crippen molar-refractivity contribution in [3.05, 3.63) is 72.1 Å². The van der Waals surface area contributed by atoms with E-state index in [4.69, 9.17) is 9.47 Å². The summed E-state index contributed by atoms with van der Waals surface area (Å²) in [5.74, 6) is 1.17. The van der Waals surface area contributed by atoms with Crippen LogP contribution in [0.5, 0.6) is 11.5 Å². The molecule has 138 valence electrons. The van der Waals surface area contributed by atoms with E-state index in [1.165, 1.54) is 6.07 Å². The molecule has 0 unspecified atom stereocenters. The zero-order valence-electron chi connectivity index (χ0n) is 14.7. The van der Waals surface area contributed by atoms with Crippen LogP contribution in [0.4, 0.5) is 4.39 Å². The number of para-hydroxylation sites is 2. The van der Waals surface area contributed by atoms with E-state index in [9.17, 15) is 9.18 Å². The Bertz CT molecular complexity index is 986. The van der Waals surface area contributed by atoms with Gasteiger partial charge in [0.1, 0.15) is 18.2 Å². The highest BCUT2D eigenvalue weighted by Crippen LogP contribution is 2.30. The molecule has 2 aromatic carbocycles. The Balaban J connectivity index is 1.40. The molecule has 7 heteroatoms. The van der Waals surface area contributed by atoms with Crippen LogP contribution in [0.25, 0.3) is 5.69 Å². The van der Waals surface area contributed by atoms with Crippen LogP contribution in [0.2, 0.25) is 0 Å². The van der Waals surface area contributed by atoms with E-state index in [1.54, 1.807) is 48.1 Å². The lowest BCUT2D eigenvalue weighted by atomic mass is 10.2. The third-order valence-electron chi connectivity index (χ3n) is 4.37. The average molecular weight is 367 g/mol. The molecule has 0 saturated carbocycles. The lowest BCUT2D eigenvalue weighted by molar-refractivity contribution is -0.130. The lowest BCUT2D eigenvalue weighted by Crippen LogP contribution is -2.43. The molecule has 0 bridgehead atoms. The molecule has 0 fully saturated rings. The Morgan fingerprint density at radius 3 is 2.85 bits per heavy atom. The van der Waals surface area contributed by atoms with Gasteiger partial charge in [-0.1, -0.05) is 18.2 Å². The molecule has 1 aromatic heterocycles. The number of benzene rings is 2. The molecule has 6 nitrogen and oxygen atoms in total. The summed E-state index contributed by atoms with van der Waals surface area (Å²) in [5, 5.41) is 2.76. The molecular formula is C20H18FN3O3. The van der Waals surface area contributed by atoms with E-state index in [0.29, 0.717) is 28.6 Å². The molecule has 0 aliphatic carbocycles. The highest BCUT2D eigenvalue weighted by molar-refractivity contribution is 5.81. The largest absolute Gasteiger partial charge is 0.485 e. The minimum Gasteiger partial charge on any atom is -0.485 e. The van der Waals surface area contributed by atoms with Crippen molar-refractivity contribution in [1.29, 1.82) is 0 Å². The van der Waals surface area contributed by atoms with Crippen LogP contribution in [0.15, 0.2) is 54.9 Å². The number of fused-ring (bicyclic) bond motifs is 1. The third-order valence-corrected chi connectivity index (χ3v) is 4.37. The van der Waals surface area contributed by atoms with Gasteiger partial charge < -0.3 is 19.4 Å². The van der Waals surface area contributed by atoms with E-state index < -0.39 is 6.10 Å². The molecule has 4 rings (SSSR count). The summed E-state index contributed by atoms with van der Waals surface area (Å²) in [6, 6.07) is 12.0. The predicted molar refractivity (Wildman–Crippen MR) is 96.5 cm³/mol. The number of aryl methyl sites for hydroxylation is 1. The zero-order chi connectivity index (χ0) is 18.8. The van der Waals surface area contributed by atoms with Crippen LogP contribution >= 0.6 is 0 Å². The molecule has 2 heterocycles. The summed E-state index contributed by atoms with van der Waals surface area (Å²) in [7, 11) is 0. The fraction of sp³-hybridized carbons (Fsp3) is 0.200. The van der Waals surface area contributed by atoms with Gasteiger partial charge in [0.15, 0.2) is 11.5 Å². The third kappa shape index (κ3) is 3.48. The first-order valence-electron chi connectivity index (χ1n) is 8.57. The molecular weight excluding hydrogens is 349 g/mol. The van der Waals surface area contributed by atoms with Crippen LogP contribution in [0, 0.1) is 12.7 Å². The first-order chi connectivity index (χ1) is 13.1. The van der Waals surface area contributed by atoms with Crippen molar-refractivity contribution < 1.29 is 18.7 Å². The number of nitrogens with one attached hydrogen (secondary N) is 1.